The maximum absolute atomic E-state index is 12.8. The largest absolute Gasteiger partial charge is 0.486 e. The van der Waals surface area contributed by atoms with Crippen LogP contribution in [0.4, 0.5) is 11.9 Å². The molecular weight excluding hydrogens is 1010 g/mol. The van der Waals surface area contributed by atoms with Crippen LogP contribution in [-0.4, -0.2) is 101 Å². The van der Waals surface area contributed by atoms with Gasteiger partial charge in [-0.3, -0.25) is 9.59 Å². The van der Waals surface area contributed by atoms with Gasteiger partial charge in [0, 0.05) is 68.2 Å². The van der Waals surface area contributed by atoms with Crippen LogP contribution in [0.3, 0.4) is 0 Å². The van der Waals surface area contributed by atoms with Gasteiger partial charge in [0.25, 0.3) is 11.1 Å². The van der Waals surface area contributed by atoms with Crippen LogP contribution >= 0.6 is 34.8 Å². The van der Waals surface area contributed by atoms with Crippen molar-refractivity contribution in [3.05, 3.63) is 154 Å². The van der Waals surface area contributed by atoms with Crippen molar-refractivity contribution in [1.82, 2.24) is 30.2 Å². The zero-order valence-electron chi connectivity index (χ0n) is 41.5. The number of fused-ring (bicyclic) bond motifs is 4. The maximum Gasteiger partial charge on any atom is 0.253 e. The number of aryl methyl sites for hydroxylation is 2. The van der Waals surface area contributed by atoms with Gasteiger partial charge in [0.1, 0.15) is 26.4 Å². The SMILES string of the molecule is Cc1nc(NC2CCN(C(=O)c3ccc(Cl)cc3)CC2)nc2ccc(-c3cccc4c3OCCO4)cc12.Cc1nc(NC2CCNCC2)nc2ccc(-c3cccc4c3OCCO4)cc12.O=C(Cl)c1ccc(Cl)cc1. The van der Waals surface area contributed by atoms with Crippen molar-refractivity contribution >= 4 is 79.7 Å². The molecule has 3 N–H and O–H groups in total. The summed E-state index contributed by atoms with van der Waals surface area (Å²) in [5, 5.41) is 13.2. The number of anilines is 2. The van der Waals surface area contributed by atoms with E-state index in [1.54, 1.807) is 48.5 Å². The number of nitrogens with zero attached hydrogens (tertiary/aromatic N) is 5. The van der Waals surface area contributed by atoms with Gasteiger partial charge < -0.3 is 39.8 Å². The van der Waals surface area contributed by atoms with Crippen molar-refractivity contribution in [3.63, 3.8) is 0 Å². The normalized spacial score (nSPS) is 15.2. The summed E-state index contributed by atoms with van der Waals surface area (Å²) in [5.41, 5.74) is 9.02. The van der Waals surface area contributed by atoms with Crippen LogP contribution in [0, 0.1) is 13.8 Å². The average molecular weight is 1070 g/mol. The van der Waals surface area contributed by atoms with Crippen LogP contribution in [0.5, 0.6) is 23.0 Å². The number of hydrogen-bond acceptors (Lipinski definition) is 13. The quantitative estimate of drug-likeness (QED) is 0.123. The monoisotopic (exact) mass is 1060 g/mol. The van der Waals surface area contributed by atoms with E-state index in [1.165, 1.54) is 0 Å². The van der Waals surface area contributed by atoms with E-state index in [0.717, 1.165) is 123 Å². The second kappa shape index (κ2) is 23.5. The molecule has 2 fully saturated rings. The van der Waals surface area contributed by atoms with Crippen molar-refractivity contribution in [2.24, 2.45) is 0 Å². The van der Waals surface area contributed by atoms with E-state index in [4.69, 9.17) is 73.7 Å². The second-order valence-electron chi connectivity index (χ2n) is 18.6. The van der Waals surface area contributed by atoms with Gasteiger partial charge in [0.05, 0.1) is 22.4 Å². The number of aromatic nitrogens is 4. The highest BCUT2D eigenvalue weighted by molar-refractivity contribution is 6.67. The summed E-state index contributed by atoms with van der Waals surface area (Å²) in [6, 6.07) is 38.6. The van der Waals surface area contributed by atoms with Crippen molar-refractivity contribution < 1.29 is 28.5 Å². The number of ether oxygens (including phenoxy) is 4. The molecule has 4 aliphatic heterocycles. The lowest BCUT2D eigenvalue weighted by atomic mass is 10.0. The summed E-state index contributed by atoms with van der Waals surface area (Å²) in [6.07, 6.45) is 3.86. The van der Waals surface area contributed by atoms with E-state index in [9.17, 15) is 9.59 Å². The van der Waals surface area contributed by atoms with Gasteiger partial charge in [-0.05, 0) is 160 Å². The van der Waals surface area contributed by atoms with Crippen LogP contribution in [0.25, 0.3) is 44.1 Å². The van der Waals surface area contributed by atoms with Gasteiger partial charge >= 0.3 is 0 Å². The number of carbonyl (C=O) groups is 2. The minimum atomic E-state index is -0.461. The first-order valence-corrected chi connectivity index (χ1v) is 26.2. The maximum atomic E-state index is 12.8. The molecule has 0 spiro atoms. The number of para-hydroxylation sites is 2. The Hall–Kier alpha value is -7.23. The summed E-state index contributed by atoms with van der Waals surface area (Å²) < 4.78 is 23.3. The number of piperidine rings is 2. The van der Waals surface area contributed by atoms with Gasteiger partial charge in [-0.15, -0.1) is 0 Å². The number of likely N-dealkylation sites (tertiary alicyclic amines) is 1. The van der Waals surface area contributed by atoms with Crippen LogP contribution in [0.1, 0.15) is 57.8 Å². The third kappa shape index (κ3) is 12.3. The number of benzene rings is 6. The van der Waals surface area contributed by atoms with Gasteiger partial charge in [-0.2, -0.15) is 0 Å². The molecule has 384 valence electrons. The summed E-state index contributed by atoms with van der Waals surface area (Å²) in [4.78, 5) is 44.2. The molecule has 1 amide bonds. The molecule has 17 heteroatoms. The molecule has 6 heterocycles. The molecule has 0 bridgehead atoms. The second-order valence-corrected chi connectivity index (χ2v) is 19.8. The van der Waals surface area contributed by atoms with Crippen molar-refractivity contribution in [2.45, 2.75) is 51.6 Å². The van der Waals surface area contributed by atoms with E-state index >= 15 is 0 Å². The predicted molar refractivity (Wildman–Crippen MR) is 297 cm³/mol. The van der Waals surface area contributed by atoms with Crippen LogP contribution in [0.2, 0.25) is 10.0 Å². The van der Waals surface area contributed by atoms with E-state index in [2.05, 4.69) is 52.3 Å². The molecule has 0 aliphatic carbocycles. The fourth-order valence-corrected chi connectivity index (χ4v) is 9.92. The molecule has 8 aromatic rings. The molecule has 2 aromatic heterocycles. The van der Waals surface area contributed by atoms with E-state index in [1.807, 2.05) is 55.1 Å². The number of amides is 1. The molecule has 0 radical (unpaired) electrons. The average Bonchev–Trinajstić information content (AvgIpc) is 3.44. The topological polar surface area (TPSA) is 162 Å². The van der Waals surface area contributed by atoms with Crippen molar-refractivity contribution in [2.75, 3.05) is 63.2 Å². The minimum Gasteiger partial charge on any atom is -0.486 e. The van der Waals surface area contributed by atoms with Gasteiger partial charge in [-0.1, -0.05) is 59.6 Å². The molecule has 14 nitrogen and oxygen atoms in total. The summed E-state index contributed by atoms with van der Waals surface area (Å²) in [5.74, 6) is 4.56. The molecule has 0 unspecified atom stereocenters. The van der Waals surface area contributed by atoms with Gasteiger partial charge in [-0.25, -0.2) is 19.9 Å². The fraction of sp³-hybridized carbons (Fsp3) is 0.276. The first-order chi connectivity index (χ1) is 36.5. The van der Waals surface area contributed by atoms with Crippen molar-refractivity contribution in [1.29, 1.82) is 0 Å². The Kier molecular flexibility index (Phi) is 16.1. The van der Waals surface area contributed by atoms with Gasteiger partial charge in [0.15, 0.2) is 23.0 Å². The zero-order valence-corrected chi connectivity index (χ0v) is 43.8. The van der Waals surface area contributed by atoms with E-state index in [0.29, 0.717) is 72.7 Å². The number of carbonyl (C=O) groups excluding carboxylic acids is 2. The van der Waals surface area contributed by atoms with Crippen LogP contribution < -0.4 is 34.9 Å². The lowest BCUT2D eigenvalue weighted by molar-refractivity contribution is 0.0718. The highest BCUT2D eigenvalue weighted by Gasteiger charge is 2.25. The molecule has 4 aliphatic rings. The number of hydrogen-bond donors (Lipinski definition) is 3. The molecule has 75 heavy (non-hydrogen) atoms. The molecule has 0 saturated carbocycles. The lowest BCUT2D eigenvalue weighted by Gasteiger charge is -2.32. The molecule has 12 rings (SSSR count). The summed E-state index contributed by atoms with van der Waals surface area (Å²) >= 11 is 16.7. The zero-order chi connectivity index (χ0) is 51.8. The highest BCUT2D eigenvalue weighted by atomic mass is 35.5. The van der Waals surface area contributed by atoms with Crippen molar-refractivity contribution in [3.8, 4) is 45.3 Å². The van der Waals surface area contributed by atoms with Crippen LogP contribution in [0.15, 0.2) is 121 Å². The molecule has 2 saturated heterocycles. The summed E-state index contributed by atoms with van der Waals surface area (Å²) in [7, 11) is 0. The molecular formula is C58H55Cl3N8O6. The molecule has 0 atom stereocenters. The Labute approximate surface area is 450 Å². The Morgan fingerprint density at radius 3 is 1.49 bits per heavy atom. The number of rotatable bonds is 8. The Morgan fingerprint density at radius 1 is 0.560 bits per heavy atom. The highest BCUT2D eigenvalue weighted by Crippen LogP contribution is 2.42. The minimum absolute atomic E-state index is 0.0420. The third-order valence-electron chi connectivity index (χ3n) is 13.5. The van der Waals surface area contributed by atoms with Gasteiger partial charge in [0.2, 0.25) is 11.9 Å². The number of nitrogens with one attached hydrogen (secondary N) is 3. The predicted octanol–water partition coefficient (Wildman–Crippen LogP) is 12.0. The lowest BCUT2D eigenvalue weighted by Crippen LogP contribution is -2.42. The Bertz CT molecular complexity index is 3350. The Morgan fingerprint density at radius 2 is 1.01 bits per heavy atom. The fourth-order valence-electron chi connectivity index (χ4n) is 9.54. The number of halogens is 3. The smallest absolute Gasteiger partial charge is 0.253 e. The summed E-state index contributed by atoms with van der Waals surface area (Å²) in [6.45, 7) is 9.77. The standard InChI is InChI=1S/C29H27ClN4O3.C22H24N4O2.C7H4Cl2O/c1-18-24-17-20(23-3-2-4-26-27(23)37-16-15-36-26)7-10-25(24)33-29(31-18)32-22-11-13-34(14-12-22)28(35)19-5-8-21(30)9-6-19;1-14-18-13-15(17-3-2-4-20-21(17)28-12-11-27-20)5-6-19(18)26-22(24-14)25-16-7-9-23-10-8-16;8-6-3-1-5(2-4-6)7(9)10/h2-10,17,22H,11-16H2,1H3,(H,31,32,33);2-6,13,16,23H,7-12H2,1H3,(H,24,25,26);1-4H. The molecule has 6 aromatic carbocycles. The Balaban J connectivity index is 0.000000148. The first-order valence-electron chi connectivity index (χ1n) is 25.1. The van der Waals surface area contributed by atoms with E-state index < -0.39 is 5.24 Å². The van der Waals surface area contributed by atoms with Crippen LogP contribution in [-0.2, 0) is 0 Å². The van der Waals surface area contributed by atoms with E-state index in [-0.39, 0.29) is 11.9 Å². The third-order valence-corrected chi connectivity index (χ3v) is 14.2. The first kappa shape index (κ1) is 51.3.